The van der Waals surface area contributed by atoms with Crippen LogP contribution in [0.3, 0.4) is 0 Å². The first kappa shape index (κ1) is 22.5. The molecular formula is C20H30IN5O2. The van der Waals surface area contributed by atoms with E-state index in [4.69, 9.17) is 14.5 Å². The molecule has 1 aromatic carbocycles. The van der Waals surface area contributed by atoms with Gasteiger partial charge < -0.3 is 19.7 Å². The molecule has 1 atom stereocenters. The third-order valence-corrected chi connectivity index (χ3v) is 4.63. The number of rotatable bonds is 6. The number of hydrogen-bond acceptors (Lipinski definition) is 4. The van der Waals surface area contributed by atoms with E-state index in [0.717, 1.165) is 43.3 Å². The molecule has 2 heterocycles. The van der Waals surface area contributed by atoms with Crippen molar-refractivity contribution in [2.75, 3.05) is 39.9 Å². The van der Waals surface area contributed by atoms with Gasteiger partial charge in [-0.05, 0) is 25.0 Å². The maximum Gasteiger partial charge on any atom is 0.194 e. The van der Waals surface area contributed by atoms with Gasteiger partial charge in [-0.1, -0.05) is 18.2 Å². The molecule has 0 bridgehead atoms. The van der Waals surface area contributed by atoms with Gasteiger partial charge in [-0.15, -0.1) is 24.0 Å². The van der Waals surface area contributed by atoms with Crippen LogP contribution < -0.4 is 10.1 Å². The molecule has 2 aromatic rings. The smallest absolute Gasteiger partial charge is 0.194 e. The first-order chi connectivity index (χ1) is 13.2. The van der Waals surface area contributed by atoms with Crippen LogP contribution in [0.25, 0.3) is 0 Å². The molecule has 1 unspecified atom stereocenters. The van der Waals surface area contributed by atoms with Gasteiger partial charge in [-0.25, -0.2) is 0 Å². The van der Waals surface area contributed by atoms with Gasteiger partial charge in [0.2, 0.25) is 0 Å². The normalized spacial score (nSPS) is 17.2. The minimum atomic E-state index is 0. The number of nitrogens with zero attached hydrogens (tertiary/aromatic N) is 4. The van der Waals surface area contributed by atoms with Crippen molar-refractivity contribution in [3.8, 4) is 5.75 Å². The summed E-state index contributed by atoms with van der Waals surface area (Å²) < 4.78 is 13.2. The standard InChI is InChI=1S/C20H29N5O2.HI/c1-4-21-20(22-10-9-16-7-5-6-8-18(16)26-3)25-11-12-27-19(15-25)17-13-23-24(2)14-17;/h5-8,13-14,19H,4,9-12,15H2,1-3H3,(H,21,22);1H. The lowest BCUT2D eigenvalue weighted by molar-refractivity contribution is -0.00803. The highest BCUT2D eigenvalue weighted by Gasteiger charge is 2.25. The van der Waals surface area contributed by atoms with E-state index in [0.29, 0.717) is 13.2 Å². The van der Waals surface area contributed by atoms with E-state index in [9.17, 15) is 0 Å². The summed E-state index contributed by atoms with van der Waals surface area (Å²) in [5.74, 6) is 1.85. The Hall–Kier alpha value is -1.81. The molecule has 0 aliphatic carbocycles. The monoisotopic (exact) mass is 499 g/mol. The van der Waals surface area contributed by atoms with Gasteiger partial charge in [-0.3, -0.25) is 9.67 Å². The zero-order chi connectivity index (χ0) is 19.1. The summed E-state index contributed by atoms with van der Waals surface area (Å²) in [6.07, 6.45) is 4.75. The van der Waals surface area contributed by atoms with Crippen molar-refractivity contribution in [1.29, 1.82) is 0 Å². The van der Waals surface area contributed by atoms with Gasteiger partial charge >= 0.3 is 0 Å². The molecule has 1 fully saturated rings. The van der Waals surface area contributed by atoms with Crippen LogP contribution in [-0.4, -0.2) is 60.5 Å². The largest absolute Gasteiger partial charge is 0.496 e. The number of aryl methyl sites for hydroxylation is 1. The Kier molecular flexibility index (Phi) is 9.04. The number of halogens is 1. The van der Waals surface area contributed by atoms with Crippen molar-refractivity contribution in [1.82, 2.24) is 20.0 Å². The molecule has 1 aliphatic heterocycles. The molecule has 1 aliphatic rings. The Labute approximate surface area is 184 Å². The highest BCUT2D eigenvalue weighted by Crippen LogP contribution is 2.22. The molecule has 0 radical (unpaired) electrons. The topological polar surface area (TPSA) is 63.9 Å². The molecule has 28 heavy (non-hydrogen) atoms. The van der Waals surface area contributed by atoms with Crippen LogP contribution in [-0.2, 0) is 18.2 Å². The summed E-state index contributed by atoms with van der Waals surface area (Å²) >= 11 is 0. The fraction of sp³-hybridized carbons (Fsp3) is 0.500. The lowest BCUT2D eigenvalue weighted by Crippen LogP contribution is -2.48. The zero-order valence-corrected chi connectivity index (χ0v) is 19.1. The molecule has 8 heteroatoms. The second-order valence-corrected chi connectivity index (χ2v) is 6.55. The van der Waals surface area contributed by atoms with Crippen LogP contribution in [0.4, 0.5) is 0 Å². The lowest BCUT2D eigenvalue weighted by atomic mass is 10.1. The molecule has 7 nitrogen and oxygen atoms in total. The maximum atomic E-state index is 5.95. The summed E-state index contributed by atoms with van der Waals surface area (Å²) in [7, 11) is 3.63. The number of benzene rings is 1. The second kappa shape index (κ2) is 11.3. The van der Waals surface area contributed by atoms with Crippen molar-refractivity contribution in [2.24, 2.45) is 12.0 Å². The van der Waals surface area contributed by atoms with Gasteiger partial charge in [0.05, 0.1) is 26.5 Å². The minimum Gasteiger partial charge on any atom is -0.496 e. The second-order valence-electron chi connectivity index (χ2n) is 6.55. The van der Waals surface area contributed by atoms with Crippen LogP contribution in [0, 0.1) is 0 Å². The van der Waals surface area contributed by atoms with Crippen LogP contribution in [0.2, 0.25) is 0 Å². The van der Waals surface area contributed by atoms with Crippen LogP contribution in [0.1, 0.15) is 24.2 Å². The number of nitrogens with one attached hydrogen (secondary N) is 1. The molecule has 0 spiro atoms. The van der Waals surface area contributed by atoms with Gasteiger partial charge in [0.1, 0.15) is 11.9 Å². The van der Waals surface area contributed by atoms with Crippen molar-refractivity contribution in [2.45, 2.75) is 19.4 Å². The Morgan fingerprint density at radius 2 is 2.21 bits per heavy atom. The fourth-order valence-electron chi connectivity index (χ4n) is 3.27. The van der Waals surface area contributed by atoms with E-state index < -0.39 is 0 Å². The first-order valence-corrected chi connectivity index (χ1v) is 9.46. The molecule has 1 saturated heterocycles. The van der Waals surface area contributed by atoms with E-state index in [2.05, 4.69) is 28.3 Å². The van der Waals surface area contributed by atoms with Gasteiger partial charge in [0.25, 0.3) is 0 Å². The molecule has 1 aromatic heterocycles. The summed E-state index contributed by atoms with van der Waals surface area (Å²) in [5, 5.41) is 7.67. The summed E-state index contributed by atoms with van der Waals surface area (Å²) in [6.45, 7) is 5.91. The van der Waals surface area contributed by atoms with E-state index in [1.807, 2.05) is 42.3 Å². The van der Waals surface area contributed by atoms with Crippen LogP contribution >= 0.6 is 24.0 Å². The number of guanidine groups is 1. The highest BCUT2D eigenvalue weighted by atomic mass is 127. The number of aliphatic imine (C=N–C) groups is 1. The quantitative estimate of drug-likeness (QED) is 0.376. The SMILES string of the molecule is CCNC(=NCCc1ccccc1OC)N1CCOC(c2cnn(C)c2)C1.I. The zero-order valence-electron chi connectivity index (χ0n) is 16.8. The predicted octanol–water partition coefficient (Wildman–Crippen LogP) is 2.63. The van der Waals surface area contributed by atoms with Gasteiger partial charge in [0.15, 0.2) is 5.96 Å². The average molecular weight is 499 g/mol. The third kappa shape index (κ3) is 5.84. The number of morpholine rings is 1. The van der Waals surface area contributed by atoms with Gasteiger partial charge in [0, 0.05) is 38.4 Å². The average Bonchev–Trinajstić information content (AvgIpc) is 3.14. The van der Waals surface area contributed by atoms with Crippen molar-refractivity contribution in [3.63, 3.8) is 0 Å². The Balaban J connectivity index is 0.00000280. The molecule has 0 amide bonds. The number of methoxy groups -OCH3 is 1. The van der Waals surface area contributed by atoms with Crippen LogP contribution in [0.15, 0.2) is 41.7 Å². The number of hydrogen-bond donors (Lipinski definition) is 1. The predicted molar refractivity (Wildman–Crippen MR) is 122 cm³/mol. The van der Waals surface area contributed by atoms with Crippen LogP contribution in [0.5, 0.6) is 5.75 Å². The summed E-state index contributed by atoms with van der Waals surface area (Å²) in [5.41, 5.74) is 2.28. The van der Waals surface area contributed by atoms with E-state index >= 15 is 0 Å². The Bertz CT molecular complexity index is 765. The fourth-order valence-corrected chi connectivity index (χ4v) is 3.27. The number of ether oxygens (including phenoxy) is 2. The van der Waals surface area contributed by atoms with Crippen molar-refractivity contribution >= 4 is 29.9 Å². The Morgan fingerprint density at radius 1 is 1.39 bits per heavy atom. The highest BCUT2D eigenvalue weighted by molar-refractivity contribution is 14.0. The van der Waals surface area contributed by atoms with E-state index in [1.165, 1.54) is 5.56 Å². The third-order valence-electron chi connectivity index (χ3n) is 4.63. The molecule has 154 valence electrons. The molecular weight excluding hydrogens is 469 g/mol. The van der Waals surface area contributed by atoms with E-state index in [-0.39, 0.29) is 30.1 Å². The molecule has 1 N–H and O–H groups in total. The minimum absolute atomic E-state index is 0. The first-order valence-electron chi connectivity index (χ1n) is 9.46. The van der Waals surface area contributed by atoms with Crippen molar-refractivity contribution < 1.29 is 9.47 Å². The molecule has 3 rings (SSSR count). The maximum absolute atomic E-state index is 5.95. The summed E-state index contributed by atoms with van der Waals surface area (Å²) in [6, 6.07) is 8.11. The van der Waals surface area contributed by atoms with Gasteiger partial charge in [-0.2, -0.15) is 5.10 Å². The Morgan fingerprint density at radius 3 is 2.93 bits per heavy atom. The lowest BCUT2D eigenvalue weighted by Gasteiger charge is -2.34. The number of aromatic nitrogens is 2. The number of para-hydroxylation sites is 1. The van der Waals surface area contributed by atoms with Crippen molar-refractivity contribution in [3.05, 3.63) is 47.8 Å². The van der Waals surface area contributed by atoms with E-state index in [1.54, 1.807) is 7.11 Å². The molecule has 0 saturated carbocycles. The summed E-state index contributed by atoms with van der Waals surface area (Å²) in [4.78, 5) is 7.11.